The van der Waals surface area contributed by atoms with Crippen LogP contribution in [0.3, 0.4) is 0 Å². The van der Waals surface area contributed by atoms with Crippen LogP contribution >= 0.6 is 0 Å². The maximum atomic E-state index is 13.1. The van der Waals surface area contributed by atoms with Crippen molar-refractivity contribution in [3.05, 3.63) is 65.5 Å². The molecule has 3 N–H and O–H groups in total. The minimum absolute atomic E-state index is 0.0623. The van der Waals surface area contributed by atoms with E-state index in [4.69, 9.17) is 5.73 Å². The molecule has 0 saturated heterocycles. The van der Waals surface area contributed by atoms with Gasteiger partial charge >= 0.3 is 0 Å². The molecule has 0 aliphatic rings. The van der Waals surface area contributed by atoms with Crippen LogP contribution in [0, 0.1) is 11.6 Å². The Morgan fingerprint density at radius 1 is 1.15 bits per heavy atom. The van der Waals surface area contributed by atoms with Gasteiger partial charge in [0.15, 0.2) is 11.6 Å². The van der Waals surface area contributed by atoms with Crippen LogP contribution in [0.25, 0.3) is 0 Å². The molecule has 0 aliphatic heterocycles. The van der Waals surface area contributed by atoms with Gasteiger partial charge in [-0.25, -0.2) is 8.78 Å². The lowest BCUT2D eigenvalue weighted by Gasteiger charge is -2.17. The van der Waals surface area contributed by atoms with Gasteiger partial charge in [0, 0.05) is 31.5 Å². The highest BCUT2D eigenvalue weighted by Gasteiger charge is 2.08. The van der Waals surface area contributed by atoms with Gasteiger partial charge in [-0.3, -0.25) is 4.98 Å². The maximum absolute atomic E-state index is 13.1. The average molecular weight is 277 g/mol. The molecule has 2 aromatic rings. The van der Waals surface area contributed by atoms with Gasteiger partial charge in [-0.1, -0.05) is 12.1 Å². The summed E-state index contributed by atoms with van der Waals surface area (Å²) < 4.78 is 25.9. The van der Waals surface area contributed by atoms with Crippen LogP contribution in [0.15, 0.2) is 42.7 Å². The van der Waals surface area contributed by atoms with E-state index in [1.807, 2.05) is 12.1 Å². The van der Waals surface area contributed by atoms with Crippen LogP contribution in [-0.4, -0.2) is 17.6 Å². The summed E-state index contributed by atoms with van der Waals surface area (Å²) in [5.74, 6) is -1.67. The molecule has 0 fully saturated rings. The van der Waals surface area contributed by atoms with Crippen LogP contribution in [-0.2, 0) is 13.0 Å². The number of aromatic nitrogens is 1. The number of benzene rings is 1. The number of hydrogen-bond donors (Lipinski definition) is 2. The molecule has 0 radical (unpaired) electrons. The zero-order chi connectivity index (χ0) is 14.4. The van der Waals surface area contributed by atoms with E-state index in [-0.39, 0.29) is 6.04 Å². The van der Waals surface area contributed by atoms with Crippen molar-refractivity contribution in [2.45, 2.75) is 19.0 Å². The molecule has 106 valence electrons. The summed E-state index contributed by atoms with van der Waals surface area (Å²) >= 11 is 0. The highest BCUT2D eigenvalue weighted by molar-refractivity contribution is 5.18. The molecule has 0 bridgehead atoms. The molecule has 0 amide bonds. The second-order valence-corrected chi connectivity index (χ2v) is 4.63. The van der Waals surface area contributed by atoms with Crippen LogP contribution < -0.4 is 11.1 Å². The van der Waals surface area contributed by atoms with Crippen LogP contribution in [0.5, 0.6) is 0 Å². The minimum atomic E-state index is -0.834. The first kappa shape index (κ1) is 14.6. The molecule has 5 heteroatoms. The van der Waals surface area contributed by atoms with Gasteiger partial charge in [0.05, 0.1) is 0 Å². The van der Waals surface area contributed by atoms with Crippen LogP contribution in [0.4, 0.5) is 8.78 Å². The van der Waals surface area contributed by atoms with Gasteiger partial charge in [0.2, 0.25) is 0 Å². The maximum Gasteiger partial charge on any atom is 0.159 e. The summed E-state index contributed by atoms with van der Waals surface area (Å²) in [6.07, 6.45) is 4.26. The number of nitrogens with one attached hydrogen (secondary N) is 1. The molecule has 20 heavy (non-hydrogen) atoms. The Hall–Kier alpha value is -1.85. The zero-order valence-corrected chi connectivity index (χ0v) is 11.0. The highest BCUT2D eigenvalue weighted by atomic mass is 19.2. The first-order valence-electron chi connectivity index (χ1n) is 6.45. The molecule has 1 aromatic carbocycles. The predicted octanol–water partition coefficient (Wildman–Crippen LogP) is 2.02. The molecular formula is C15H17F2N3. The van der Waals surface area contributed by atoms with Crippen LogP contribution in [0.2, 0.25) is 0 Å². The van der Waals surface area contributed by atoms with Gasteiger partial charge in [0.1, 0.15) is 0 Å². The number of rotatable bonds is 6. The lowest BCUT2D eigenvalue weighted by Crippen LogP contribution is -2.37. The fraction of sp³-hybridized carbons (Fsp3) is 0.267. The molecule has 0 spiro atoms. The summed E-state index contributed by atoms with van der Waals surface area (Å²) in [4.78, 5) is 4.05. The molecule has 1 unspecified atom stereocenters. The second-order valence-electron chi connectivity index (χ2n) is 4.63. The van der Waals surface area contributed by atoms with Crippen molar-refractivity contribution in [2.24, 2.45) is 5.73 Å². The van der Waals surface area contributed by atoms with E-state index < -0.39 is 11.6 Å². The standard InChI is InChI=1S/C15H17F2N3/c16-14-4-3-12(7-15(14)17)10-20-13(8-18)6-11-2-1-5-19-9-11/h1-5,7,9,13,20H,6,8,10,18H2. The summed E-state index contributed by atoms with van der Waals surface area (Å²) in [5, 5.41) is 3.24. The number of halogens is 2. The first-order valence-corrected chi connectivity index (χ1v) is 6.45. The van der Waals surface area contributed by atoms with E-state index in [1.54, 1.807) is 18.5 Å². The third-order valence-electron chi connectivity index (χ3n) is 3.07. The Morgan fingerprint density at radius 3 is 2.65 bits per heavy atom. The van der Waals surface area contributed by atoms with Gasteiger partial charge in [-0.2, -0.15) is 0 Å². The van der Waals surface area contributed by atoms with Gasteiger partial charge in [-0.05, 0) is 35.7 Å². The Balaban J connectivity index is 1.92. The summed E-state index contributed by atoms with van der Waals surface area (Å²) in [6, 6.07) is 7.80. The number of nitrogens with two attached hydrogens (primary N) is 1. The third-order valence-corrected chi connectivity index (χ3v) is 3.07. The molecule has 0 saturated carbocycles. The Labute approximate surface area is 116 Å². The minimum Gasteiger partial charge on any atom is -0.329 e. The van der Waals surface area contributed by atoms with Crippen molar-refractivity contribution in [3.8, 4) is 0 Å². The fourth-order valence-electron chi connectivity index (χ4n) is 1.95. The zero-order valence-electron chi connectivity index (χ0n) is 11.0. The lowest BCUT2D eigenvalue weighted by atomic mass is 10.1. The van der Waals surface area contributed by atoms with Gasteiger partial charge in [-0.15, -0.1) is 0 Å². The molecule has 3 nitrogen and oxygen atoms in total. The van der Waals surface area contributed by atoms with E-state index in [0.717, 1.165) is 18.1 Å². The van der Waals surface area contributed by atoms with Crippen molar-refractivity contribution in [2.75, 3.05) is 6.54 Å². The van der Waals surface area contributed by atoms with Crippen LogP contribution in [0.1, 0.15) is 11.1 Å². The monoisotopic (exact) mass is 277 g/mol. The Bertz CT molecular complexity index is 546. The Morgan fingerprint density at radius 2 is 2.00 bits per heavy atom. The van der Waals surface area contributed by atoms with E-state index in [0.29, 0.717) is 18.7 Å². The van der Waals surface area contributed by atoms with Crippen molar-refractivity contribution >= 4 is 0 Å². The van der Waals surface area contributed by atoms with Crippen molar-refractivity contribution in [1.82, 2.24) is 10.3 Å². The number of hydrogen-bond acceptors (Lipinski definition) is 3. The summed E-state index contributed by atoms with van der Waals surface area (Å²) in [6.45, 7) is 0.901. The predicted molar refractivity (Wildman–Crippen MR) is 74.0 cm³/mol. The quantitative estimate of drug-likeness (QED) is 0.849. The van der Waals surface area contributed by atoms with Gasteiger partial charge < -0.3 is 11.1 Å². The summed E-state index contributed by atoms with van der Waals surface area (Å²) in [7, 11) is 0. The van der Waals surface area contributed by atoms with E-state index in [2.05, 4.69) is 10.3 Å². The first-order chi connectivity index (χ1) is 9.69. The topological polar surface area (TPSA) is 50.9 Å². The molecular weight excluding hydrogens is 260 g/mol. The normalized spacial score (nSPS) is 12.3. The molecule has 1 atom stereocenters. The fourth-order valence-corrected chi connectivity index (χ4v) is 1.95. The molecule has 0 aliphatic carbocycles. The Kier molecular flexibility index (Phi) is 5.15. The number of pyridine rings is 1. The number of nitrogens with zero attached hydrogens (tertiary/aromatic N) is 1. The molecule has 1 aromatic heterocycles. The SMILES string of the molecule is NCC(Cc1cccnc1)NCc1ccc(F)c(F)c1. The van der Waals surface area contributed by atoms with Gasteiger partial charge in [0.25, 0.3) is 0 Å². The van der Waals surface area contributed by atoms with E-state index >= 15 is 0 Å². The highest BCUT2D eigenvalue weighted by Crippen LogP contribution is 2.09. The van der Waals surface area contributed by atoms with Crippen molar-refractivity contribution < 1.29 is 8.78 Å². The largest absolute Gasteiger partial charge is 0.329 e. The average Bonchev–Trinajstić information content (AvgIpc) is 2.48. The second kappa shape index (κ2) is 7.07. The smallest absolute Gasteiger partial charge is 0.159 e. The molecule has 1 heterocycles. The molecule has 2 rings (SSSR count). The van der Waals surface area contributed by atoms with E-state index in [9.17, 15) is 8.78 Å². The summed E-state index contributed by atoms with van der Waals surface area (Å²) in [5.41, 5.74) is 7.49. The van der Waals surface area contributed by atoms with E-state index in [1.165, 1.54) is 6.07 Å². The lowest BCUT2D eigenvalue weighted by molar-refractivity contribution is 0.496. The van der Waals surface area contributed by atoms with Crippen molar-refractivity contribution in [1.29, 1.82) is 0 Å². The van der Waals surface area contributed by atoms with Crippen molar-refractivity contribution in [3.63, 3.8) is 0 Å². The third kappa shape index (κ3) is 4.08.